The number of hydrogen-bond acceptors (Lipinski definition) is 4. The summed E-state index contributed by atoms with van der Waals surface area (Å²) in [5.74, 6) is -0.450. The zero-order valence-electron chi connectivity index (χ0n) is 10.6. The highest BCUT2D eigenvalue weighted by atomic mass is 16.4. The van der Waals surface area contributed by atoms with Crippen molar-refractivity contribution in [1.82, 2.24) is 10.6 Å². The van der Waals surface area contributed by atoms with E-state index in [4.69, 9.17) is 14.6 Å². The van der Waals surface area contributed by atoms with E-state index in [0.717, 1.165) is 5.76 Å². The zero-order chi connectivity index (χ0) is 14.3. The first kappa shape index (κ1) is 15.0. The molecular formula is C12H18N2O5. The van der Waals surface area contributed by atoms with Gasteiger partial charge in [-0.1, -0.05) is 0 Å². The van der Waals surface area contributed by atoms with Crippen LogP contribution in [0.2, 0.25) is 0 Å². The van der Waals surface area contributed by atoms with Crippen LogP contribution in [0.3, 0.4) is 0 Å². The van der Waals surface area contributed by atoms with Crippen LogP contribution in [-0.4, -0.2) is 40.9 Å². The van der Waals surface area contributed by atoms with E-state index in [-0.39, 0.29) is 6.04 Å². The fourth-order valence-electron chi connectivity index (χ4n) is 1.49. The number of aliphatic hydroxyl groups excluding tert-OH is 1. The number of amides is 2. The van der Waals surface area contributed by atoms with Crippen molar-refractivity contribution in [2.24, 2.45) is 0 Å². The topological polar surface area (TPSA) is 112 Å². The maximum absolute atomic E-state index is 11.5. The summed E-state index contributed by atoms with van der Waals surface area (Å²) in [5, 5.41) is 22.2. The fourth-order valence-corrected chi connectivity index (χ4v) is 1.49. The SMILES string of the molecule is CC(CCc1ccco1)NC(=O)N[C@H](CO)C(=O)O. The first-order valence-electron chi connectivity index (χ1n) is 5.96. The van der Waals surface area contributed by atoms with Crippen LogP contribution in [0.4, 0.5) is 4.79 Å². The Bertz CT molecular complexity index is 404. The first-order valence-corrected chi connectivity index (χ1v) is 5.96. The summed E-state index contributed by atoms with van der Waals surface area (Å²) >= 11 is 0. The maximum atomic E-state index is 11.5. The number of aliphatic hydroxyl groups is 1. The van der Waals surface area contributed by atoms with Gasteiger partial charge in [-0.05, 0) is 25.5 Å². The molecule has 0 aromatic carbocycles. The lowest BCUT2D eigenvalue weighted by Crippen LogP contribution is -2.50. The summed E-state index contributed by atoms with van der Waals surface area (Å²) in [7, 11) is 0. The number of furan rings is 1. The van der Waals surface area contributed by atoms with Crippen LogP contribution in [0.15, 0.2) is 22.8 Å². The van der Waals surface area contributed by atoms with Crippen LogP contribution >= 0.6 is 0 Å². The fraction of sp³-hybridized carbons (Fsp3) is 0.500. The van der Waals surface area contributed by atoms with E-state index in [1.807, 2.05) is 6.07 Å². The molecule has 1 unspecified atom stereocenters. The van der Waals surface area contributed by atoms with Gasteiger partial charge in [0.05, 0.1) is 12.9 Å². The number of aliphatic carboxylic acids is 1. The number of urea groups is 1. The van der Waals surface area contributed by atoms with Gasteiger partial charge in [-0.15, -0.1) is 0 Å². The third-order valence-electron chi connectivity index (χ3n) is 2.57. The lowest BCUT2D eigenvalue weighted by Gasteiger charge is -2.16. The number of nitrogens with one attached hydrogen (secondary N) is 2. The van der Waals surface area contributed by atoms with Crippen molar-refractivity contribution in [1.29, 1.82) is 0 Å². The Hall–Kier alpha value is -2.02. The maximum Gasteiger partial charge on any atom is 0.328 e. The summed E-state index contributed by atoms with van der Waals surface area (Å²) in [6, 6.07) is 1.58. The van der Waals surface area contributed by atoms with Crippen molar-refractivity contribution in [2.75, 3.05) is 6.61 Å². The van der Waals surface area contributed by atoms with Gasteiger partial charge < -0.3 is 25.3 Å². The average molecular weight is 270 g/mol. The predicted octanol–water partition coefficient (Wildman–Crippen LogP) is 0.345. The van der Waals surface area contributed by atoms with Gasteiger partial charge in [-0.25, -0.2) is 9.59 Å². The number of carboxylic acid groups (broad SMARTS) is 1. The van der Waals surface area contributed by atoms with Gasteiger partial charge in [0.25, 0.3) is 0 Å². The second-order valence-electron chi connectivity index (χ2n) is 4.21. The van der Waals surface area contributed by atoms with Gasteiger partial charge in [-0.2, -0.15) is 0 Å². The Balaban J connectivity index is 2.29. The summed E-state index contributed by atoms with van der Waals surface area (Å²) in [4.78, 5) is 22.1. The molecule has 1 aromatic rings. The molecule has 0 aliphatic carbocycles. The smallest absolute Gasteiger partial charge is 0.328 e. The van der Waals surface area contributed by atoms with Crippen LogP contribution in [0.25, 0.3) is 0 Å². The minimum absolute atomic E-state index is 0.141. The number of carbonyl (C=O) groups is 2. The van der Waals surface area contributed by atoms with E-state index in [1.54, 1.807) is 19.3 Å². The standard InChI is InChI=1S/C12H18N2O5/c1-8(4-5-9-3-2-6-19-9)13-12(18)14-10(7-15)11(16)17/h2-3,6,8,10,15H,4-5,7H2,1H3,(H,16,17)(H2,13,14,18)/t8?,10-/m1/s1. The highest BCUT2D eigenvalue weighted by Crippen LogP contribution is 2.05. The molecule has 0 radical (unpaired) electrons. The van der Waals surface area contributed by atoms with E-state index in [1.165, 1.54) is 0 Å². The second-order valence-corrected chi connectivity index (χ2v) is 4.21. The van der Waals surface area contributed by atoms with Crippen molar-refractivity contribution in [3.63, 3.8) is 0 Å². The monoisotopic (exact) mass is 270 g/mol. The normalized spacial score (nSPS) is 13.6. The largest absolute Gasteiger partial charge is 0.480 e. The molecule has 2 atom stereocenters. The highest BCUT2D eigenvalue weighted by Gasteiger charge is 2.19. The number of carboxylic acids is 1. The molecule has 1 rings (SSSR count). The van der Waals surface area contributed by atoms with Crippen molar-refractivity contribution in [3.05, 3.63) is 24.2 Å². The van der Waals surface area contributed by atoms with E-state index in [2.05, 4.69) is 10.6 Å². The molecule has 0 spiro atoms. The summed E-state index contributed by atoms with van der Waals surface area (Å²) < 4.78 is 5.16. The molecule has 7 nitrogen and oxygen atoms in total. The Labute approximate surface area is 110 Å². The van der Waals surface area contributed by atoms with Gasteiger partial charge in [0.1, 0.15) is 5.76 Å². The molecule has 0 aliphatic heterocycles. The van der Waals surface area contributed by atoms with E-state index in [9.17, 15) is 9.59 Å². The van der Waals surface area contributed by atoms with Gasteiger partial charge >= 0.3 is 12.0 Å². The minimum Gasteiger partial charge on any atom is -0.480 e. The number of aryl methyl sites for hydroxylation is 1. The van der Waals surface area contributed by atoms with Crippen molar-refractivity contribution >= 4 is 12.0 Å². The van der Waals surface area contributed by atoms with E-state index >= 15 is 0 Å². The highest BCUT2D eigenvalue weighted by molar-refractivity contribution is 5.82. The minimum atomic E-state index is -1.29. The van der Waals surface area contributed by atoms with Crippen LogP contribution < -0.4 is 10.6 Å². The Kier molecular flexibility index (Phi) is 5.87. The van der Waals surface area contributed by atoms with Crippen LogP contribution in [0.5, 0.6) is 0 Å². The Morgan fingerprint density at radius 1 is 1.42 bits per heavy atom. The van der Waals surface area contributed by atoms with Crippen LogP contribution in [0, 0.1) is 0 Å². The predicted molar refractivity (Wildman–Crippen MR) is 66.7 cm³/mol. The first-order chi connectivity index (χ1) is 9.02. The van der Waals surface area contributed by atoms with Gasteiger partial charge in [0.2, 0.25) is 0 Å². The molecular weight excluding hydrogens is 252 g/mol. The lowest BCUT2D eigenvalue weighted by molar-refractivity contribution is -0.140. The second kappa shape index (κ2) is 7.42. The Morgan fingerprint density at radius 2 is 2.16 bits per heavy atom. The van der Waals surface area contributed by atoms with E-state index in [0.29, 0.717) is 12.8 Å². The molecule has 0 saturated heterocycles. The Morgan fingerprint density at radius 3 is 2.68 bits per heavy atom. The van der Waals surface area contributed by atoms with Gasteiger partial charge in [0.15, 0.2) is 6.04 Å². The van der Waals surface area contributed by atoms with Crippen LogP contribution in [-0.2, 0) is 11.2 Å². The molecule has 1 heterocycles. The number of rotatable bonds is 7. The quantitative estimate of drug-likeness (QED) is 0.571. The summed E-state index contributed by atoms with van der Waals surface area (Å²) in [5.41, 5.74) is 0. The molecule has 0 aliphatic rings. The van der Waals surface area contributed by atoms with Crippen molar-refractivity contribution < 1.29 is 24.2 Å². The number of carbonyl (C=O) groups excluding carboxylic acids is 1. The molecule has 7 heteroatoms. The molecule has 1 aromatic heterocycles. The molecule has 106 valence electrons. The van der Waals surface area contributed by atoms with E-state index < -0.39 is 24.6 Å². The third-order valence-corrected chi connectivity index (χ3v) is 2.57. The van der Waals surface area contributed by atoms with Crippen molar-refractivity contribution in [2.45, 2.75) is 31.8 Å². The van der Waals surface area contributed by atoms with Crippen LogP contribution in [0.1, 0.15) is 19.1 Å². The molecule has 19 heavy (non-hydrogen) atoms. The molecule has 0 saturated carbocycles. The molecule has 4 N–H and O–H groups in total. The molecule has 0 fully saturated rings. The molecule has 2 amide bonds. The summed E-state index contributed by atoms with van der Waals surface area (Å²) in [6.45, 7) is 1.15. The third kappa shape index (κ3) is 5.43. The molecule has 0 bridgehead atoms. The van der Waals surface area contributed by atoms with Crippen molar-refractivity contribution in [3.8, 4) is 0 Å². The lowest BCUT2D eigenvalue weighted by atomic mass is 10.1. The summed E-state index contributed by atoms with van der Waals surface area (Å²) in [6.07, 6.45) is 2.92. The van der Waals surface area contributed by atoms with Gasteiger partial charge in [0, 0.05) is 12.5 Å². The zero-order valence-corrected chi connectivity index (χ0v) is 10.6. The van der Waals surface area contributed by atoms with Gasteiger partial charge in [-0.3, -0.25) is 0 Å². The number of hydrogen-bond donors (Lipinski definition) is 4. The average Bonchev–Trinajstić information content (AvgIpc) is 2.86.